The summed E-state index contributed by atoms with van der Waals surface area (Å²) in [6.45, 7) is 5.18. The zero-order chi connectivity index (χ0) is 33.7. The molecule has 256 valence electrons. The fourth-order valence-corrected chi connectivity index (χ4v) is 9.91. The number of carbonyl (C=O) groups is 2. The Kier molecular flexibility index (Phi) is 9.35. The second-order valence-electron chi connectivity index (χ2n) is 14.9. The number of carbonyl (C=O) groups excluding carboxylic acids is 2. The predicted molar refractivity (Wildman–Crippen MR) is 184 cm³/mol. The lowest BCUT2D eigenvalue weighted by molar-refractivity contribution is -0.143. The fourth-order valence-electron chi connectivity index (χ4n) is 8.41. The number of aryl methyl sites for hydroxylation is 1. The Morgan fingerprint density at radius 2 is 1.89 bits per heavy atom. The van der Waals surface area contributed by atoms with Crippen molar-refractivity contribution in [2.75, 3.05) is 38.7 Å². The number of nitrogens with zero attached hydrogens (tertiary/aromatic N) is 2. The number of rotatable bonds is 2. The van der Waals surface area contributed by atoms with Crippen LogP contribution < -0.4 is 14.4 Å². The van der Waals surface area contributed by atoms with Crippen LogP contribution in [0.25, 0.3) is 0 Å². The topological polar surface area (TPSA) is 116 Å². The molecule has 1 spiro atoms. The van der Waals surface area contributed by atoms with Crippen molar-refractivity contribution in [2.45, 2.75) is 87.9 Å². The van der Waals surface area contributed by atoms with E-state index in [-0.39, 0.29) is 41.1 Å². The maximum Gasteiger partial charge on any atom is 0.264 e. The summed E-state index contributed by atoms with van der Waals surface area (Å²) in [5.74, 6) is -0.377. The number of ether oxygens (including phenoxy) is 1. The summed E-state index contributed by atoms with van der Waals surface area (Å²) in [6.07, 6.45) is 6.12. The van der Waals surface area contributed by atoms with Crippen LogP contribution in [-0.2, 0) is 26.7 Å². The first kappa shape index (κ1) is 34.1. The Bertz CT molecular complexity index is 1650. The van der Waals surface area contributed by atoms with E-state index >= 15 is 0 Å². The van der Waals surface area contributed by atoms with E-state index in [1.807, 2.05) is 13.0 Å². The van der Waals surface area contributed by atoms with Gasteiger partial charge >= 0.3 is 0 Å². The molecule has 0 saturated heterocycles. The van der Waals surface area contributed by atoms with Gasteiger partial charge in [-0.05, 0) is 111 Å². The summed E-state index contributed by atoms with van der Waals surface area (Å²) >= 11 is 6.42. The molecule has 9 nitrogen and oxygen atoms in total. The van der Waals surface area contributed by atoms with Gasteiger partial charge in [-0.15, -0.1) is 0 Å². The van der Waals surface area contributed by atoms with Crippen LogP contribution in [-0.4, -0.2) is 74.9 Å². The van der Waals surface area contributed by atoms with E-state index < -0.39 is 26.8 Å². The number of amides is 2. The minimum atomic E-state index is -3.98. The van der Waals surface area contributed by atoms with Crippen LogP contribution in [0.2, 0.25) is 5.02 Å². The maximum absolute atomic E-state index is 13.5. The van der Waals surface area contributed by atoms with Crippen LogP contribution >= 0.6 is 11.6 Å². The molecular weight excluding hydrogens is 638 g/mol. The molecule has 47 heavy (non-hydrogen) atoms. The molecule has 4 aliphatic rings. The molecule has 2 heterocycles. The smallest absolute Gasteiger partial charge is 0.264 e. The van der Waals surface area contributed by atoms with Crippen LogP contribution in [0.3, 0.4) is 0 Å². The number of aliphatic hydroxyl groups is 1. The van der Waals surface area contributed by atoms with Crippen LogP contribution in [0.1, 0.15) is 86.7 Å². The molecule has 0 unspecified atom stereocenters. The lowest BCUT2D eigenvalue weighted by Gasteiger charge is -2.50. The van der Waals surface area contributed by atoms with Gasteiger partial charge in [-0.1, -0.05) is 31.0 Å². The van der Waals surface area contributed by atoms with Crippen molar-refractivity contribution in [3.05, 3.63) is 58.1 Å². The third-order valence-corrected chi connectivity index (χ3v) is 13.8. The van der Waals surface area contributed by atoms with Gasteiger partial charge in [0.25, 0.3) is 5.91 Å². The Labute approximate surface area is 284 Å². The molecule has 2 aliphatic heterocycles. The van der Waals surface area contributed by atoms with Crippen molar-refractivity contribution in [2.24, 2.45) is 17.8 Å². The summed E-state index contributed by atoms with van der Waals surface area (Å²) in [4.78, 5) is 30.4. The number of anilines is 1. The Hall–Kier alpha value is -2.82. The van der Waals surface area contributed by atoms with Gasteiger partial charge in [0.2, 0.25) is 15.9 Å². The zero-order valence-corrected chi connectivity index (χ0v) is 29.5. The third-order valence-electron chi connectivity index (χ3n) is 11.6. The molecule has 2 amide bonds. The SMILES string of the molecule is C[C@@H]1[C@@H](C)CCC[C@](O)(CC(=O)N(C)C)[C@@H]2CC[C@H]2CN2C[C@@]3(CCCc4cc(Cl)ccc43)COc3ccc(cc32)C(=O)NS1(=O)=O. The number of sulfonamides is 1. The Morgan fingerprint density at radius 3 is 2.62 bits per heavy atom. The number of hydrogen-bond donors (Lipinski definition) is 2. The fraction of sp³-hybridized carbons (Fsp3) is 0.611. The van der Waals surface area contributed by atoms with Gasteiger partial charge in [0.1, 0.15) is 5.75 Å². The van der Waals surface area contributed by atoms with Crippen molar-refractivity contribution >= 4 is 39.1 Å². The number of benzene rings is 2. The molecule has 6 rings (SSSR count). The summed E-state index contributed by atoms with van der Waals surface area (Å²) in [6, 6.07) is 11.3. The quantitative estimate of drug-likeness (QED) is 0.440. The minimum absolute atomic E-state index is 0.0291. The number of nitrogens with one attached hydrogen (secondary N) is 1. The van der Waals surface area contributed by atoms with Crippen molar-refractivity contribution in [1.82, 2.24) is 9.62 Å². The monoisotopic (exact) mass is 685 g/mol. The highest BCUT2D eigenvalue weighted by atomic mass is 35.5. The van der Waals surface area contributed by atoms with Gasteiger partial charge in [0.05, 0.1) is 29.6 Å². The van der Waals surface area contributed by atoms with Crippen LogP contribution in [0, 0.1) is 17.8 Å². The molecule has 2 aromatic rings. The first-order valence-electron chi connectivity index (χ1n) is 17.0. The highest BCUT2D eigenvalue weighted by molar-refractivity contribution is 7.90. The first-order chi connectivity index (χ1) is 22.2. The Morgan fingerprint density at radius 1 is 1.11 bits per heavy atom. The molecule has 2 aromatic carbocycles. The highest BCUT2D eigenvalue weighted by Crippen LogP contribution is 2.49. The van der Waals surface area contributed by atoms with Crippen LogP contribution in [0.5, 0.6) is 5.75 Å². The van der Waals surface area contributed by atoms with Crippen molar-refractivity contribution in [3.8, 4) is 5.75 Å². The molecule has 2 bridgehead atoms. The normalized spacial score (nSPS) is 32.1. The van der Waals surface area contributed by atoms with Crippen LogP contribution in [0.15, 0.2) is 36.4 Å². The van der Waals surface area contributed by atoms with Crippen molar-refractivity contribution in [3.63, 3.8) is 0 Å². The largest absolute Gasteiger partial charge is 0.490 e. The van der Waals surface area contributed by atoms with Gasteiger partial charge in [0.15, 0.2) is 0 Å². The third kappa shape index (κ3) is 6.62. The summed E-state index contributed by atoms with van der Waals surface area (Å²) < 4.78 is 35.7. The second-order valence-corrected chi connectivity index (χ2v) is 17.3. The van der Waals surface area contributed by atoms with E-state index in [1.54, 1.807) is 39.2 Å². The van der Waals surface area contributed by atoms with Gasteiger partial charge in [-0.2, -0.15) is 0 Å². The minimum Gasteiger partial charge on any atom is -0.490 e. The lowest BCUT2D eigenvalue weighted by Crippen LogP contribution is -2.54. The van der Waals surface area contributed by atoms with Gasteiger partial charge in [0, 0.05) is 43.2 Å². The lowest BCUT2D eigenvalue weighted by atomic mass is 9.61. The maximum atomic E-state index is 13.5. The summed E-state index contributed by atoms with van der Waals surface area (Å²) in [5, 5.41) is 12.2. The average Bonchev–Trinajstić information content (AvgIpc) is 3.14. The molecular formula is C36H48ClN3O6S. The molecule has 0 aromatic heterocycles. The second kappa shape index (κ2) is 12.9. The number of halogens is 1. The van der Waals surface area contributed by atoms with Gasteiger partial charge < -0.3 is 19.6 Å². The zero-order valence-electron chi connectivity index (χ0n) is 27.9. The number of fused-ring (bicyclic) bond motifs is 4. The van der Waals surface area contributed by atoms with Crippen molar-refractivity contribution < 1.29 is 27.9 Å². The molecule has 0 radical (unpaired) electrons. The molecule has 2 N–H and O–H groups in total. The van der Waals surface area contributed by atoms with Gasteiger partial charge in [-0.25, -0.2) is 13.1 Å². The van der Waals surface area contributed by atoms with E-state index in [9.17, 15) is 23.1 Å². The molecule has 1 saturated carbocycles. The van der Waals surface area contributed by atoms with E-state index in [2.05, 4.69) is 21.8 Å². The highest BCUT2D eigenvalue weighted by Gasteiger charge is 2.49. The predicted octanol–water partition coefficient (Wildman–Crippen LogP) is 5.32. The Balaban J connectivity index is 1.44. The van der Waals surface area contributed by atoms with Crippen LogP contribution in [0.4, 0.5) is 5.69 Å². The molecule has 2 aliphatic carbocycles. The van der Waals surface area contributed by atoms with E-state index in [4.69, 9.17) is 16.3 Å². The molecule has 6 atom stereocenters. The van der Waals surface area contributed by atoms with E-state index in [0.717, 1.165) is 37.8 Å². The first-order valence-corrected chi connectivity index (χ1v) is 18.9. The van der Waals surface area contributed by atoms with Gasteiger partial charge in [-0.3, -0.25) is 9.59 Å². The standard InChI is InChI=1S/C36H48ClN3O6S/c1-23-7-5-16-36(43,19-33(41)39(3)4)30-12-9-27(30)20-40-21-35(15-6-8-25-17-28(37)11-13-29(25)35)22-46-32-14-10-26(18-31(32)40)34(42)38-47(44,45)24(23)2/h10-11,13-14,17-18,23-24,27,30,43H,5-9,12,15-16,19-22H2,1-4H3,(H,38,42)/t23-,24+,27-,30+,35-,36-/m0/s1. The molecule has 1 fully saturated rings. The number of hydrogen-bond acceptors (Lipinski definition) is 7. The van der Waals surface area contributed by atoms with E-state index in [1.165, 1.54) is 16.0 Å². The average molecular weight is 686 g/mol. The summed E-state index contributed by atoms with van der Waals surface area (Å²) in [7, 11) is -0.561. The molecule has 11 heteroatoms. The van der Waals surface area contributed by atoms with E-state index in [0.29, 0.717) is 49.7 Å². The summed E-state index contributed by atoms with van der Waals surface area (Å²) in [5.41, 5.74) is 1.89. The van der Waals surface area contributed by atoms with Crippen molar-refractivity contribution in [1.29, 1.82) is 0 Å².